The number of amides is 1. The van der Waals surface area contributed by atoms with Crippen LogP contribution in [0.15, 0.2) is 47.4 Å². The van der Waals surface area contributed by atoms with E-state index in [4.69, 9.17) is 5.14 Å². The normalized spacial score (nSPS) is 10.9. The first kappa shape index (κ1) is 18.0. The summed E-state index contributed by atoms with van der Waals surface area (Å²) in [7, 11) is -3.89. The third-order valence-electron chi connectivity index (χ3n) is 3.03. The van der Waals surface area contributed by atoms with E-state index in [0.717, 1.165) is 30.3 Å². The van der Waals surface area contributed by atoms with Crippen molar-refractivity contribution in [1.82, 2.24) is 0 Å². The number of sulfonamides is 1. The molecule has 1 amide bonds. The van der Waals surface area contributed by atoms with E-state index in [-0.39, 0.29) is 16.1 Å². The zero-order valence-electron chi connectivity index (χ0n) is 12.3. The van der Waals surface area contributed by atoms with Crippen molar-refractivity contribution in [2.75, 3.05) is 5.32 Å². The van der Waals surface area contributed by atoms with Crippen molar-refractivity contribution in [2.45, 2.75) is 4.90 Å². The maximum atomic E-state index is 12.1. The molecule has 0 bridgehead atoms. The van der Waals surface area contributed by atoms with Crippen molar-refractivity contribution in [2.24, 2.45) is 5.14 Å². The Morgan fingerprint density at radius 3 is 1.84 bits per heavy atom. The number of hydrogen-bond donors (Lipinski definition) is 2. The second-order valence-electron chi connectivity index (χ2n) is 4.78. The van der Waals surface area contributed by atoms with Crippen molar-refractivity contribution < 1.29 is 23.1 Å². The molecule has 2 aromatic carbocycles. The van der Waals surface area contributed by atoms with E-state index in [1.807, 2.05) is 0 Å². The Hall–Kier alpha value is -3.38. The van der Waals surface area contributed by atoms with Gasteiger partial charge in [-0.2, -0.15) is 0 Å². The number of primary sulfonamides is 1. The number of hydrogen-bond acceptors (Lipinski definition) is 7. The first-order valence-corrected chi connectivity index (χ1v) is 8.00. The van der Waals surface area contributed by atoms with Crippen LogP contribution in [-0.2, 0) is 10.0 Å². The Balaban J connectivity index is 2.31. The topological polar surface area (TPSA) is 176 Å². The minimum absolute atomic E-state index is 0.170. The number of carbonyl (C=O) groups excluding carboxylic acids is 1. The van der Waals surface area contributed by atoms with Crippen LogP contribution in [0.5, 0.6) is 0 Å². The van der Waals surface area contributed by atoms with Crippen molar-refractivity contribution in [3.05, 3.63) is 68.3 Å². The molecule has 0 aliphatic rings. The maximum Gasteiger partial charge on any atom is 0.277 e. The molecule has 0 aliphatic heterocycles. The highest BCUT2D eigenvalue weighted by Gasteiger charge is 2.20. The number of nitro groups is 2. The molecule has 2 aromatic rings. The van der Waals surface area contributed by atoms with E-state index in [0.29, 0.717) is 0 Å². The largest absolute Gasteiger partial charge is 0.322 e. The molecule has 0 radical (unpaired) electrons. The summed E-state index contributed by atoms with van der Waals surface area (Å²) in [4.78, 5) is 31.9. The molecule has 0 heterocycles. The molecule has 0 unspecified atom stereocenters. The molecule has 11 nitrogen and oxygen atoms in total. The Morgan fingerprint density at radius 1 is 0.960 bits per heavy atom. The zero-order valence-corrected chi connectivity index (χ0v) is 13.1. The number of benzene rings is 2. The second-order valence-corrected chi connectivity index (χ2v) is 6.34. The molecule has 0 saturated carbocycles. The van der Waals surface area contributed by atoms with Gasteiger partial charge in [-0.3, -0.25) is 25.0 Å². The molecule has 3 N–H and O–H groups in total. The predicted octanol–water partition coefficient (Wildman–Crippen LogP) is 1.40. The highest BCUT2D eigenvalue weighted by atomic mass is 32.2. The Labute approximate surface area is 140 Å². The Kier molecular flexibility index (Phi) is 4.76. The number of non-ortho nitro benzene ring substituents is 2. The molecule has 0 aliphatic carbocycles. The number of nitrogens with two attached hydrogens (primary N) is 1. The van der Waals surface area contributed by atoms with Gasteiger partial charge < -0.3 is 5.32 Å². The van der Waals surface area contributed by atoms with Gasteiger partial charge in [0.25, 0.3) is 17.3 Å². The smallest absolute Gasteiger partial charge is 0.277 e. The van der Waals surface area contributed by atoms with Crippen molar-refractivity contribution >= 4 is 33.0 Å². The van der Waals surface area contributed by atoms with Crippen molar-refractivity contribution in [3.63, 3.8) is 0 Å². The van der Waals surface area contributed by atoms with Gasteiger partial charge in [0.1, 0.15) is 0 Å². The molecule has 25 heavy (non-hydrogen) atoms. The van der Waals surface area contributed by atoms with E-state index in [2.05, 4.69) is 5.32 Å². The Bertz CT molecular complexity index is 938. The van der Waals surface area contributed by atoms with E-state index in [9.17, 15) is 33.4 Å². The Morgan fingerprint density at radius 2 is 1.44 bits per heavy atom. The molecular weight excluding hydrogens is 356 g/mol. The SMILES string of the molecule is NS(=O)(=O)c1ccc(NC(=O)c2cc([N+](=O)[O-])cc([N+](=O)[O-])c2)cc1. The quantitative estimate of drug-likeness (QED) is 0.593. The summed E-state index contributed by atoms with van der Waals surface area (Å²) in [6, 6.07) is 7.33. The molecule has 0 atom stereocenters. The third kappa shape index (κ3) is 4.33. The molecular formula is C13H10N4O7S. The fourth-order valence-corrected chi connectivity index (χ4v) is 2.38. The second kappa shape index (κ2) is 6.62. The highest BCUT2D eigenvalue weighted by molar-refractivity contribution is 7.89. The lowest BCUT2D eigenvalue weighted by Gasteiger charge is -2.06. The summed E-state index contributed by atoms with van der Waals surface area (Å²) in [5, 5.41) is 28.9. The van der Waals surface area contributed by atoms with Gasteiger partial charge in [0.15, 0.2) is 0 Å². The van der Waals surface area contributed by atoms with E-state index >= 15 is 0 Å². The summed E-state index contributed by atoms with van der Waals surface area (Å²) < 4.78 is 22.3. The van der Waals surface area contributed by atoms with Crippen LogP contribution in [0.3, 0.4) is 0 Å². The lowest BCUT2D eigenvalue weighted by molar-refractivity contribution is -0.394. The van der Waals surface area contributed by atoms with Crippen LogP contribution in [0.25, 0.3) is 0 Å². The van der Waals surface area contributed by atoms with Crippen LogP contribution in [-0.4, -0.2) is 24.2 Å². The van der Waals surface area contributed by atoms with Crippen LogP contribution in [0.2, 0.25) is 0 Å². The fourth-order valence-electron chi connectivity index (χ4n) is 1.87. The average Bonchev–Trinajstić information content (AvgIpc) is 2.53. The fraction of sp³-hybridized carbons (Fsp3) is 0. The molecule has 0 aromatic heterocycles. The molecule has 0 spiro atoms. The lowest BCUT2D eigenvalue weighted by atomic mass is 10.1. The number of anilines is 1. The monoisotopic (exact) mass is 366 g/mol. The van der Waals surface area contributed by atoms with Gasteiger partial charge >= 0.3 is 0 Å². The van der Waals surface area contributed by atoms with E-state index in [1.165, 1.54) is 12.1 Å². The van der Waals surface area contributed by atoms with Gasteiger partial charge in [-0.15, -0.1) is 0 Å². The third-order valence-corrected chi connectivity index (χ3v) is 3.96. The first-order chi connectivity index (χ1) is 11.6. The van der Waals surface area contributed by atoms with Crippen LogP contribution < -0.4 is 10.5 Å². The molecule has 12 heteroatoms. The van der Waals surface area contributed by atoms with Gasteiger partial charge in [0.05, 0.1) is 26.4 Å². The number of carbonyl (C=O) groups is 1. The highest BCUT2D eigenvalue weighted by Crippen LogP contribution is 2.23. The van der Waals surface area contributed by atoms with Crippen molar-refractivity contribution in [3.8, 4) is 0 Å². The van der Waals surface area contributed by atoms with Gasteiger partial charge in [-0.1, -0.05) is 0 Å². The number of nitro benzene ring substituents is 2. The summed E-state index contributed by atoms with van der Waals surface area (Å²) >= 11 is 0. The predicted molar refractivity (Wildman–Crippen MR) is 85.5 cm³/mol. The van der Waals surface area contributed by atoms with Gasteiger partial charge in [-0.25, -0.2) is 13.6 Å². The van der Waals surface area contributed by atoms with Crippen LogP contribution in [0, 0.1) is 20.2 Å². The number of rotatable bonds is 5. The van der Waals surface area contributed by atoms with Crippen LogP contribution >= 0.6 is 0 Å². The minimum atomic E-state index is -3.89. The summed E-state index contributed by atoms with van der Waals surface area (Å²) in [6.07, 6.45) is 0. The molecule has 0 fully saturated rings. The summed E-state index contributed by atoms with van der Waals surface area (Å²) in [5.74, 6) is -0.838. The zero-order chi connectivity index (χ0) is 18.8. The van der Waals surface area contributed by atoms with Crippen LogP contribution in [0.4, 0.5) is 17.1 Å². The minimum Gasteiger partial charge on any atom is -0.322 e. The summed E-state index contributed by atoms with van der Waals surface area (Å²) in [5.41, 5.74) is -1.34. The van der Waals surface area contributed by atoms with E-state index < -0.39 is 37.2 Å². The number of nitrogens with one attached hydrogen (secondary N) is 1. The molecule has 0 saturated heterocycles. The molecule has 2 rings (SSSR count). The number of nitrogens with zero attached hydrogens (tertiary/aromatic N) is 2. The van der Waals surface area contributed by atoms with Gasteiger partial charge in [0.2, 0.25) is 10.0 Å². The van der Waals surface area contributed by atoms with Gasteiger partial charge in [0, 0.05) is 17.8 Å². The van der Waals surface area contributed by atoms with Crippen molar-refractivity contribution in [1.29, 1.82) is 0 Å². The van der Waals surface area contributed by atoms with Gasteiger partial charge in [-0.05, 0) is 24.3 Å². The average molecular weight is 366 g/mol. The standard InChI is InChI=1S/C13H10N4O7S/c14-25(23,24)12-3-1-9(2-4-12)15-13(18)8-5-10(16(19)20)7-11(6-8)17(21)22/h1-7H,(H,15,18)(H2,14,23,24). The maximum absolute atomic E-state index is 12.1. The van der Waals surface area contributed by atoms with Crippen LogP contribution in [0.1, 0.15) is 10.4 Å². The summed E-state index contributed by atoms with van der Waals surface area (Å²) in [6.45, 7) is 0. The lowest BCUT2D eigenvalue weighted by Crippen LogP contribution is -2.14. The first-order valence-electron chi connectivity index (χ1n) is 6.46. The molecule has 130 valence electrons. The van der Waals surface area contributed by atoms with E-state index in [1.54, 1.807) is 0 Å².